The van der Waals surface area contributed by atoms with Gasteiger partial charge < -0.3 is 19.4 Å². The van der Waals surface area contributed by atoms with Crippen LogP contribution in [0.1, 0.15) is 27.4 Å². The molecule has 0 aliphatic carbocycles. The maximum atomic E-state index is 11.0. The smallest absolute Gasteiger partial charge is 0.335 e. The van der Waals surface area contributed by atoms with Crippen LogP contribution in [0.2, 0.25) is 0 Å². The summed E-state index contributed by atoms with van der Waals surface area (Å²) in [6.07, 6.45) is 0. The van der Waals surface area contributed by atoms with Gasteiger partial charge in [0.15, 0.2) is 12.2 Å². The average Bonchev–Trinajstić information content (AvgIpc) is 3.01. The Morgan fingerprint density at radius 2 is 2.12 bits per heavy atom. The number of benzene rings is 2. The molecular weight excluding hydrogens is 312 g/mol. The highest BCUT2D eigenvalue weighted by Gasteiger charge is 2.11. The van der Waals surface area contributed by atoms with Gasteiger partial charge in [0.05, 0.1) is 17.7 Å². The van der Waals surface area contributed by atoms with E-state index in [1.54, 1.807) is 24.3 Å². The number of hydrogen-bond donors (Lipinski definition) is 2. The molecule has 0 saturated heterocycles. The minimum absolute atomic E-state index is 0.0271. The van der Waals surface area contributed by atoms with Crippen LogP contribution in [0.25, 0.3) is 11.1 Å². The SMILES string of the molecule is N#Cc1ccc(CO)cc1OCc1nc2ccc(C(=O)O)cc2o1. The number of aliphatic hydroxyl groups excluding tert-OH is 1. The van der Waals surface area contributed by atoms with Gasteiger partial charge in [0.1, 0.15) is 17.3 Å². The third-order valence-electron chi connectivity index (χ3n) is 3.38. The summed E-state index contributed by atoms with van der Waals surface area (Å²) in [5, 5.41) is 27.2. The zero-order chi connectivity index (χ0) is 17.1. The van der Waals surface area contributed by atoms with Crippen LogP contribution in [-0.2, 0) is 13.2 Å². The monoisotopic (exact) mass is 324 g/mol. The van der Waals surface area contributed by atoms with Crippen molar-refractivity contribution in [2.75, 3.05) is 0 Å². The molecule has 7 heteroatoms. The van der Waals surface area contributed by atoms with Crippen molar-refractivity contribution in [3.8, 4) is 11.8 Å². The zero-order valence-corrected chi connectivity index (χ0v) is 12.4. The van der Waals surface area contributed by atoms with Crippen LogP contribution in [0.15, 0.2) is 40.8 Å². The number of carboxylic acids is 1. The van der Waals surface area contributed by atoms with E-state index >= 15 is 0 Å². The molecule has 0 aliphatic rings. The predicted molar refractivity (Wildman–Crippen MR) is 82.4 cm³/mol. The second-order valence-electron chi connectivity index (χ2n) is 4.98. The standard InChI is InChI=1S/C17H12N2O5/c18-7-12-2-1-10(8-20)5-14(12)23-9-16-19-13-4-3-11(17(21)22)6-15(13)24-16/h1-6,20H,8-9H2,(H,21,22). The highest BCUT2D eigenvalue weighted by Crippen LogP contribution is 2.23. The molecule has 0 spiro atoms. The van der Waals surface area contributed by atoms with E-state index in [1.807, 2.05) is 6.07 Å². The normalized spacial score (nSPS) is 10.5. The van der Waals surface area contributed by atoms with Crippen molar-refractivity contribution in [2.45, 2.75) is 13.2 Å². The van der Waals surface area contributed by atoms with Gasteiger partial charge in [-0.1, -0.05) is 6.07 Å². The first kappa shape index (κ1) is 15.5. The summed E-state index contributed by atoms with van der Waals surface area (Å²) >= 11 is 0. The number of oxazole rings is 1. The number of aromatic nitrogens is 1. The number of nitrogens with zero attached hydrogens (tertiary/aromatic N) is 2. The van der Waals surface area contributed by atoms with E-state index in [1.165, 1.54) is 12.1 Å². The van der Waals surface area contributed by atoms with Crippen molar-refractivity contribution in [3.05, 3.63) is 59.0 Å². The van der Waals surface area contributed by atoms with Gasteiger partial charge in [0.2, 0.25) is 5.89 Å². The molecule has 0 aliphatic heterocycles. The predicted octanol–water partition coefficient (Wildman–Crippen LogP) is 2.47. The molecule has 1 aromatic heterocycles. The molecule has 0 saturated carbocycles. The molecule has 2 aromatic carbocycles. The third-order valence-corrected chi connectivity index (χ3v) is 3.38. The molecule has 0 atom stereocenters. The van der Waals surface area contributed by atoms with E-state index in [2.05, 4.69) is 4.98 Å². The number of carboxylic acid groups (broad SMARTS) is 1. The van der Waals surface area contributed by atoms with E-state index in [9.17, 15) is 4.79 Å². The summed E-state index contributed by atoms with van der Waals surface area (Å²) in [4.78, 5) is 15.2. The number of aromatic carboxylic acids is 1. The second kappa shape index (κ2) is 6.40. The van der Waals surface area contributed by atoms with Crippen LogP contribution in [0, 0.1) is 11.3 Å². The Kier molecular flexibility index (Phi) is 4.14. The molecule has 7 nitrogen and oxygen atoms in total. The highest BCUT2D eigenvalue weighted by molar-refractivity contribution is 5.91. The van der Waals surface area contributed by atoms with Crippen LogP contribution < -0.4 is 4.74 Å². The first-order valence-electron chi connectivity index (χ1n) is 7.00. The van der Waals surface area contributed by atoms with Gasteiger partial charge >= 0.3 is 5.97 Å². The van der Waals surface area contributed by atoms with Crippen LogP contribution in [0.3, 0.4) is 0 Å². The molecule has 1 heterocycles. The van der Waals surface area contributed by atoms with Crippen molar-refractivity contribution >= 4 is 17.1 Å². The van der Waals surface area contributed by atoms with E-state index in [0.29, 0.717) is 28.0 Å². The van der Waals surface area contributed by atoms with E-state index in [0.717, 1.165) is 0 Å². The van der Waals surface area contributed by atoms with Crippen molar-refractivity contribution in [1.82, 2.24) is 4.98 Å². The van der Waals surface area contributed by atoms with Crippen molar-refractivity contribution in [1.29, 1.82) is 5.26 Å². The molecule has 0 unspecified atom stereocenters. The Hall–Kier alpha value is -3.37. The molecule has 120 valence electrons. The van der Waals surface area contributed by atoms with Crippen LogP contribution >= 0.6 is 0 Å². The number of nitriles is 1. The van der Waals surface area contributed by atoms with Gasteiger partial charge in [0, 0.05) is 0 Å². The van der Waals surface area contributed by atoms with Gasteiger partial charge in [-0.25, -0.2) is 9.78 Å². The Morgan fingerprint density at radius 3 is 2.83 bits per heavy atom. The molecule has 0 bridgehead atoms. The minimum atomic E-state index is -1.05. The van der Waals surface area contributed by atoms with Gasteiger partial charge in [-0.3, -0.25) is 0 Å². The zero-order valence-electron chi connectivity index (χ0n) is 12.4. The lowest BCUT2D eigenvalue weighted by Gasteiger charge is -2.07. The molecule has 24 heavy (non-hydrogen) atoms. The number of aliphatic hydroxyl groups is 1. The molecule has 3 aromatic rings. The lowest BCUT2D eigenvalue weighted by molar-refractivity contribution is 0.0697. The Labute approximate surface area is 136 Å². The first-order chi connectivity index (χ1) is 11.6. The lowest BCUT2D eigenvalue weighted by atomic mass is 10.1. The van der Waals surface area contributed by atoms with E-state index in [4.69, 9.17) is 24.6 Å². The summed E-state index contributed by atoms with van der Waals surface area (Å²) in [6, 6.07) is 11.2. The second-order valence-corrected chi connectivity index (χ2v) is 4.98. The van der Waals surface area contributed by atoms with E-state index < -0.39 is 5.97 Å². The lowest BCUT2D eigenvalue weighted by Crippen LogP contribution is -1.98. The third kappa shape index (κ3) is 3.04. The van der Waals surface area contributed by atoms with Crippen molar-refractivity contribution < 1.29 is 24.2 Å². The highest BCUT2D eigenvalue weighted by atomic mass is 16.5. The molecule has 0 amide bonds. The molecular formula is C17H12N2O5. The molecule has 3 rings (SSSR count). The number of hydrogen-bond acceptors (Lipinski definition) is 6. The maximum Gasteiger partial charge on any atom is 0.335 e. The van der Waals surface area contributed by atoms with Crippen LogP contribution in [0.5, 0.6) is 5.75 Å². The Balaban J connectivity index is 1.83. The summed E-state index contributed by atoms with van der Waals surface area (Å²) in [5.41, 5.74) is 1.92. The Bertz CT molecular complexity index is 955. The number of fused-ring (bicyclic) bond motifs is 1. The largest absolute Gasteiger partial charge is 0.482 e. The van der Waals surface area contributed by atoms with E-state index in [-0.39, 0.29) is 24.7 Å². The maximum absolute atomic E-state index is 11.0. The van der Waals surface area contributed by atoms with Gasteiger partial charge in [-0.05, 0) is 35.9 Å². The molecule has 0 radical (unpaired) electrons. The number of carbonyl (C=O) groups is 1. The Morgan fingerprint density at radius 1 is 1.29 bits per heavy atom. The number of rotatable bonds is 5. The summed E-state index contributed by atoms with van der Waals surface area (Å²) < 4.78 is 11.0. The quantitative estimate of drug-likeness (QED) is 0.740. The number of ether oxygens (including phenoxy) is 1. The fraction of sp³-hybridized carbons (Fsp3) is 0.118. The molecule has 0 fully saturated rings. The van der Waals surface area contributed by atoms with Crippen molar-refractivity contribution in [2.24, 2.45) is 0 Å². The first-order valence-corrected chi connectivity index (χ1v) is 7.00. The fourth-order valence-electron chi connectivity index (χ4n) is 2.18. The summed E-state index contributed by atoms with van der Waals surface area (Å²) in [6.45, 7) is -0.191. The van der Waals surface area contributed by atoms with Gasteiger partial charge in [-0.15, -0.1) is 0 Å². The fourth-order valence-corrected chi connectivity index (χ4v) is 2.18. The average molecular weight is 324 g/mol. The van der Waals surface area contributed by atoms with Gasteiger partial charge in [0.25, 0.3) is 0 Å². The summed E-state index contributed by atoms with van der Waals surface area (Å²) in [5.74, 6) is -0.478. The summed E-state index contributed by atoms with van der Waals surface area (Å²) in [7, 11) is 0. The molecule has 2 N–H and O–H groups in total. The van der Waals surface area contributed by atoms with Crippen LogP contribution in [0.4, 0.5) is 0 Å². The van der Waals surface area contributed by atoms with Crippen LogP contribution in [-0.4, -0.2) is 21.2 Å². The van der Waals surface area contributed by atoms with Gasteiger partial charge in [-0.2, -0.15) is 5.26 Å². The minimum Gasteiger partial charge on any atom is -0.482 e. The topological polar surface area (TPSA) is 117 Å². The van der Waals surface area contributed by atoms with Crippen molar-refractivity contribution in [3.63, 3.8) is 0 Å².